The largest absolute Gasteiger partial charge is 0.264 e. The minimum absolute atomic E-state index is 0.357. The Morgan fingerprint density at radius 3 is 3.07 bits per heavy atom. The molecule has 0 saturated heterocycles. The maximum absolute atomic E-state index is 8.50. The SMILES string of the molecule is C=C/C(=C\N=CC1=CCCC=C1)CC#N. The molecule has 0 fully saturated rings. The highest BCUT2D eigenvalue weighted by Crippen LogP contribution is 2.08. The van der Waals surface area contributed by atoms with Gasteiger partial charge < -0.3 is 0 Å². The van der Waals surface area contributed by atoms with Gasteiger partial charge in [-0.25, -0.2) is 0 Å². The molecule has 0 N–H and O–H groups in total. The monoisotopic (exact) mass is 198 g/mol. The van der Waals surface area contributed by atoms with E-state index in [0.717, 1.165) is 24.0 Å². The van der Waals surface area contributed by atoms with Crippen molar-refractivity contribution >= 4 is 6.21 Å². The molecule has 2 heteroatoms. The second kappa shape index (κ2) is 6.56. The molecule has 15 heavy (non-hydrogen) atoms. The van der Waals surface area contributed by atoms with Crippen LogP contribution in [0.3, 0.4) is 0 Å². The van der Waals surface area contributed by atoms with Gasteiger partial charge in [-0.15, -0.1) is 0 Å². The highest BCUT2D eigenvalue weighted by atomic mass is 14.7. The Hall–Kier alpha value is -1.88. The van der Waals surface area contributed by atoms with E-state index in [0.29, 0.717) is 6.42 Å². The summed E-state index contributed by atoms with van der Waals surface area (Å²) in [6, 6.07) is 2.07. The van der Waals surface area contributed by atoms with Crippen molar-refractivity contribution in [2.24, 2.45) is 4.99 Å². The molecule has 0 aromatic carbocycles. The van der Waals surface area contributed by atoms with Gasteiger partial charge in [-0.2, -0.15) is 5.26 Å². The molecule has 0 heterocycles. The fraction of sp³-hybridized carbons (Fsp3) is 0.231. The van der Waals surface area contributed by atoms with Gasteiger partial charge in [0.05, 0.1) is 12.5 Å². The first-order chi connectivity index (χ1) is 7.36. The van der Waals surface area contributed by atoms with Crippen molar-refractivity contribution in [2.45, 2.75) is 19.3 Å². The molecule has 0 unspecified atom stereocenters. The van der Waals surface area contributed by atoms with Crippen LogP contribution in [-0.4, -0.2) is 6.21 Å². The van der Waals surface area contributed by atoms with Gasteiger partial charge >= 0.3 is 0 Å². The Morgan fingerprint density at radius 2 is 2.47 bits per heavy atom. The van der Waals surface area contributed by atoms with Crippen LogP contribution >= 0.6 is 0 Å². The molecule has 0 aliphatic heterocycles. The molecule has 1 aliphatic carbocycles. The highest BCUT2D eigenvalue weighted by molar-refractivity contribution is 5.83. The third-order valence-corrected chi connectivity index (χ3v) is 2.03. The van der Waals surface area contributed by atoms with E-state index in [-0.39, 0.29) is 0 Å². The van der Waals surface area contributed by atoms with Crippen LogP contribution < -0.4 is 0 Å². The topological polar surface area (TPSA) is 36.1 Å². The molecule has 0 aromatic heterocycles. The average molecular weight is 198 g/mol. The molecule has 0 aromatic rings. The molecule has 1 rings (SSSR count). The summed E-state index contributed by atoms with van der Waals surface area (Å²) in [4.78, 5) is 4.16. The summed E-state index contributed by atoms with van der Waals surface area (Å²) in [6.45, 7) is 3.62. The van der Waals surface area contributed by atoms with E-state index >= 15 is 0 Å². The minimum Gasteiger partial charge on any atom is -0.264 e. The van der Waals surface area contributed by atoms with Gasteiger partial charge in [0.1, 0.15) is 0 Å². The molecule has 0 atom stereocenters. The van der Waals surface area contributed by atoms with Crippen LogP contribution in [0, 0.1) is 11.3 Å². The molecule has 0 radical (unpaired) electrons. The fourth-order valence-corrected chi connectivity index (χ4v) is 1.21. The molecule has 0 amide bonds. The number of aliphatic imine (C=N–C) groups is 1. The Balaban J connectivity index is 2.57. The van der Waals surface area contributed by atoms with Gasteiger partial charge in [0, 0.05) is 12.4 Å². The van der Waals surface area contributed by atoms with E-state index < -0.39 is 0 Å². The number of nitriles is 1. The smallest absolute Gasteiger partial charge is 0.0670 e. The zero-order valence-electron chi connectivity index (χ0n) is 8.69. The van der Waals surface area contributed by atoms with Gasteiger partial charge in [-0.05, 0) is 24.0 Å². The van der Waals surface area contributed by atoms with Gasteiger partial charge in [0.2, 0.25) is 0 Å². The van der Waals surface area contributed by atoms with Crippen LogP contribution in [0.5, 0.6) is 0 Å². The predicted molar refractivity (Wildman–Crippen MR) is 63.5 cm³/mol. The molecule has 2 nitrogen and oxygen atoms in total. The van der Waals surface area contributed by atoms with E-state index in [2.05, 4.69) is 35.9 Å². The molecule has 76 valence electrons. The number of allylic oxidation sites excluding steroid dienone is 6. The number of hydrogen-bond donors (Lipinski definition) is 0. The Morgan fingerprint density at radius 1 is 1.60 bits per heavy atom. The molecular weight excluding hydrogens is 184 g/mol. The zero-order chi connectivity index (χ0) is 10.9. The van der Waals surface area contributed by atoms with Crippen LogP contribution in [0.15, 0.2) is 53.2 Å². The Kier molecular flexibility index (Phi) is 4.89. The second-order valence-corrected chi connectivity index (χ2v) is 3.21. The molecule has 0 bridgehead atoms. The number of nitrogens with zero attached hydrogens (tertiary/aromatic N) is 2. The third-order valence-electron chi connectivity index (χ3n) is 2.03. The van der Waals surface area contributed by atoms with E-state index in [4.69, 9.17) is 5.26 Å². The Labute approximate surface area is 90.6 Å². The molecule has 0 saturated carbocycles. The maximum Gasteiger partial charge on any atom is 0.0670 e. The van der Waals surface area contributed by atoms with E-state index in [1.807, 2.05) is 0 Å². The van der Waals surface area contributed by atoms with Crippen molar-refractivity contribution in [3.05, 3.63) is 48.2 Å². The second-order valence-electron chi connectivity index (χ2n) is 3.21. The number of rotatable bonds is 4. The van der Waals surface area contributed by atoms with Gasteiger partial charge in [0.25, 0.3) is 0 Å². The summed E-state index contributed by atoms with van der Waals surface area (Å²) >= 11 is 0. The van der Waals surface area contributed by atoms with Crippen LogP contribution in [-0.2, 0) is 0 Å². The van der Waals surface area contributed by atoms with Crippen molar-refractivity contribution in [1.29, 1.82) is 5.26 Å². The maximum atomic E-state index is 8.50. The van der Waals surface area contributed by atoms with E-state index in [1.165, 1.54) is 0 Å². The van der Waals surface area contributed by atoms with Crippen LogP contribution in [0.4, 0.5) is 0 Å². The fourth-order valence-electron chi connectivity index (χ4n) is 1.21. The van der Waals surface area contributed by atoms with Crippen LogP contribution in [0.2, 0.25) is 0 Å². The van der Waals surface area contributed by atoms with Crippen molar-refractivity contribution in [1.82, 2.24) is 0 Å². The lowest BCUT2D eigenvalue weighted by Gasteiger charge is -1.99. The lowest BCUT2D eigenvalue weighted by molar-refractivity contribution is 1.03. The van der Waals surface area contributed by atoms with Crippen LogP contribution in [0.25, 0.3) is 0 Å². The first-order valence-corrected chi connectivity index (χ1v) is 4.95. The molecule has 1 aliphatic rings. The first kappa shape index (κ1) is 11.2. The minimum atomic E-state index is 0.357. The van der Waals surface area contributed by atoms with Crippen molar-refractivity contribution < 1.29 is 0 Å². The third kappa shape index (κ3) is 4.24. The van der Waals surface area contributed by atoms with Gasteiger partial charge in [-0.3, -0.25) is 4.99 Å². The quantitative estimate of drug-likeness (QED) is 0.504. The van der Waals surface area contributed by atoms with Gasteiger partial charge in [-0.1, -0.05) is 30.9 Å². The normalized spacial score (nSPS) is 16.2. The van der Waals surface area contributed by atoms with Crippen molar-refractivity contribution in [3.63, 3.8) is 0 Å². The summed E-state index contributed by atoms with van der Waals surface area (Å²) in [6.07, 6.45) is 14.0. The van der Waals surface area contributed by atoms with Crippen LogP contribution in [0.1, 0.15) is 19.3 Å². The van der Waals surface area contributed by atoms with Crippen molar-refractivity contribution in [3.8, 4) is 6.07 Å². The van der Waals surface area contributed by atoms with E-state index in [1.54, 1.807) is 18.5 Å². The zero-order valence-corrected chi connectivity index (χ0v) is 8.69. The summed E-state index contributed by atoms with van der Waals surface area (Å²) in [7, 11) is 0. The summed E-state index contributed by atoms with van der Waals surface area (Å²) < 4.78 is 0. The predicted octanol–water partition coefficient (Wildman–Crippen LogP) is 3.32. The van der Waals surface area contributed by atoms with E-state index in [9.17, 15) is 0 Å². The molecular formula is C13H14N2. The Bertz CT molecular complexity index is 376. The molecule has 0 spiro atoms. The average Bonchev–Trinajstić information content (AvgIpc) is 2.29. The summed E-state index contributed by atoms with van der Waals surface area (Å²) in [5, 5.41) is 8.50. The lowest BCUT2D eigenvalue weighted by Crippen LogP contribution is -1.85. The lowest BCUT2D eigenvalue weighted by atomic mass is 10.1. The first-order valence-electron chi connectivity index (χ1n) is 4.95. The standard InChI is InChI=1S/C13H14N2/c1-2-12(8-9-14)10-15-11-13-6-4-3-5-7-13/h2,4,6-7,10-11H,1,3,5,8H2/b12-10+,15-11?. The highest BCUT2D eigenvalue weighted by Gasteiger charge is 1.92. The number of hydrogen-bond acceptors (Lipinski definition) is 2. The summed E-state index contributed by atoms with van der Waals surface area (Å²) in [5.74, 6) is 0. The van der Waals surface area contributed by atoms with Crippen molar-refractivity contribution in [2.75, 3.05) is 0 Å². The summed E-state index contributed by atoms with van der Waals surface area (Å²) in [5.41, 5.74) is 1.96. The van der Waals surface area contributed by atoms with Gasteiger partial charge in [0.15, 0.2) is 0 Å².